The fourth-order valence-electron chi connectivity index (χ4n) is 1.44. The van der Waals surface area contributed by atoms with E-state index in [1.165, 1.54) is 8.03 Å². The molecule has 0 radical (unpaired) electrons. The smallest absolute Gasteiger partial charge is 0.162 e. The Morgan fingerprint density at radius 3 is 1.72 bits per heavy atom. The first kappa shape index (κ1) is 11.7. The summed E-state index contributed by atoms with van der Waals surface area (Å²) in [6, 6.07) is 4.15. The second-order valence-electron chi connectivity index (χ2n) is 3.31. The van der Waals surface area contributed by atoms with Gasteiger partial charge in [0.1, 0.15) is 8.03 Å². The summed E-state index contributed by atoms with van der Waals surface area (Å²) < 4.78 is 4.83. The van der Waals surface area contributed by atoms with Gasteiger partial charge in [-0.05, 0) is 44.5 Å². The molecular formula is C10H4N2S6. The lowest BCUT2D eigenvalue weighted by molar-refractivity contribution is 1.31. The molecule has 0 aliphatic carbocycles. The van der Waals surface area contributed by atoms with E-state index < -0.39 is 0 Å². The van der Waals surface area contributed by atoms with E-state index in [1.54, 1.807) is 66.9 Å². The van der Waals surface area contributed by atoms with Gasteiger partial charge in [-0.15, -0.1) is 22.7 Å². The highest BCUT2D eigenvalue weighted by molar-refractivity contribution is 8.77. The van der Waals surface area contributed by atoms with Crippen LogP contribution in [0.3, 0.4) is 0 Å². The third kappa shape index (κ3) is 2.10. The molecule has 0 bridgehead atoms. The summed E-state index contributed by atoms with van der Waals surface area (Å²) in [6.45, 7) is 0. The maximum absolute atomic E-state index is 4.58. The molecule has 4 aromatic rings. The Balaban J connectivity index is 1.55. The molecule has 0 spiro atoms. The molecule has 0 aromatic carbocycles. The molecule has 4 heterocycles. The molecule has 0 aliphatic rings. The van der Waals surface area contributed by atoms with Crippen LogP contribution in [0.25, 0.3) is 19.1 Å². The zero-order valence-electron chi connectivity index (χ0n) is 8.65. The maximum Gasteiger partial charge on any atom is 0.162 e. The molecule has 8 heteroatoms. The van der Waals surface area contributed by atoms with Crippen LogP contribution in [0.1, 0.15) is 0 Å². The van der Waals surface area contributed by atoms with Crippen LogP contribution in [0.15, 0.2) is 31.6 Å². The number of rotatable bonds is 3. The standard InChI is InChI=1S/C10H4N2S6/c1-3-13-7-5(1)11-9(15-7)17-18-10-12-6-2-4-14-8(6)16-10/h1-4H. The zero-order chi connectivity index (χ0) is 11.9. The van der Waals surface area contributed by atoms with E-state index in [9.17, 15) is 0 Å². The summed E-state index contributed by atoms with van der Waals surface area (Å²) in [7, 11) is 3.41. The van der Waals surface area contributed by atoms with E-state index in [4.69, 9.17) is 0 Å². The Hall–Kier alpha value is -0.120. The monoisotopic (exact) mass is 344 g/mol. The van der Waals surface area contributed by atoms with E-state index >= 15 is 0 Å². The number of fused-ring (bicyclic) bond motifs is 2. The molecule has 90 valence electrons. The minimum Gasteiger partial charge on any atom is -0.228 e. The van der Waals surface area contributed by atoms with Crippen LogP contribution in [0.5, 0.6) is 0 Å². The van der Waals surface area contributed by atoms with Gasteiger partial charge in [-0.2, -0.15) is 0 Å². The van der Waals surface area contributed by atoms with Crippen molar-refractivity contribution in [1.29, 1.82) is 0 Å². The summed E-state index contributed by atoms with van der Waals surface area (Å²) in [4.78, 5) is 9.16. The normalized spacial score (nSPS) is 11.8. The Bertz CT molecular complexity index is 681. The van der Waals surface area contributed by atoms with Crippen molar-refractivity contribution in [1.82, 2.24) is 9.97 Å². The van der Waals surface area contributed by atoms with Crippen LogP contribution in [0, 0.1) is 0 Å². The van der Waals surface area contributed by atoms with Gasteiger partial charge in [0.15, 0.2) is 8.68 Å². The van der Waals surface area contributed by atoms with Crippen molar-refractivity contribution in [2.45, 2.75) is 8.68 Å². The first-order chi connectivity index (χ1) is 8.88. The molecular weight excluding hydrogens is 341 g/mol. The van der Waals surface area contributed by atoms with Crippen LogP contribution < -0.4 is 0 Å². The fraction of sp³-hybridized carbons (Fsp3) is 0. The third-order valence-corrected chi connectivity index (χ3v) is 9.36. The van der Waals surface area contributed by atoms with Gasteiger partial charge in [-0.3, -0.25) is 0 Å². The summed E-state index contributed by atoms with van der Waals surface area (Å²) in [5.41, 5.74) is 2.24. The molecule has 18 heavy (non-hydrogen) atoms. The zero-order valence-corrected chi connectivity index (χ0v) is 13.6. The van der Waals surface area contributed by atoms with Crippen molar-refractivity contribution in [3.8, 4) is 0 Å². The quantitative estimate of drug-likeness (QED) is 0.437. The Morgan fingerprint density at radius 2 is 1.28 bits per heavy atom. The topological polar surface area (TPSA) is 25.8 Å². The molecule has 0 saturated heterocycles. The lowest BCUT2D eigenvalue weighted by Gasteiger charge is -1.90. The number of thiophene rings is 2. The van der Waals surface area contributed by atoms with Gasteiger partial charge < -0.3 is 0 Å². The van der Waals surface area contributed by atoms with E-state index in [-0.39, 0.29) is 0 Å². The van der Waals surface area contributed by atoms with Crippen molar-refractivity contribution in [3.63, 3.8) is 0 Å². The molecule has 4 aromatic heterocycles. The van der Waals surface area contributed by atoms with E-state index in [1.807, 2.05) is 0 Å². The fourth-order valence-corrected chi connectivity index (χ4v) is 8.16. The van der Waals surface area contributed by atoms with Gasteiger partial charge in [-0.25, -0.2) is 9.97 Å². The van der Waals surface area contributed by atoms with Gasteiger partial charge >= 0.3 is 0 Å². The Labute approximate surface area is 126 Å². The summed E-state index contributed by atoms with van der Waals surface area (Å²) in [6.07, 6.45) is 0. The molecule has 4 rings (SSSR count). The van der Waals surface area contributed by atoms with Crippen LogP contribution in [0.4, 0.5) is 0 Å². The number of thiazole rings is 2. The lowest BCUT2D eigenvalue weighted by Crippen LogP contribution is -1.65. The van der Waals surface area contributed by atoms with Crippen molar-refractivity contribution >= 4 is 86.0 Å². The molecule has 0 N–H and O–H groups in total. The first-order valence-electron chi connectivity index (χ1n) is 4.91. The first-order valence-corrected chi connectivity index (χ1v) is 10.5. The lowest BCUT2D eigenvalue weighted by atomic mass is 10.6. The van der Waals surface area contributed by atoms with Gasteiger partial charge in [0.25, 0.3) is 0 Å². The van der Waals surface area contributed by atoms with Crippen molar-refractivity contribution < 1.29 is 0 Å². The average molecular weight is 345 g/mol. The van der Waals surface area contributed by atoms with Crippen LogP contribution >= 0.6 is 66.9 Å². The largest absolute Gasteiger partial charge is 0.228 e. The molecule has 0 amide bonds. The predicted molar refractivity (Wildman–Crippen MR) is 86.7 cm³/mol. The molecule has 2 nitrogen and oxygen atoms in total. The highest BCUT2D eigenvalue weighted by Crippen LogP contribution is 2.44. The molecule has 0 aliphatic heterocycles. The summed E-state index contributed by atoms with van der Waals surface area (Å²) in [5.74, 6) is 0. The van der Waals surface area contributed by atoms with Crippen LogP contribution in [-0.2, 0) is 0 Å². The van der Waals surface area contributed by atoms with Crippen molar-refractivity contribution in [2.24, 2.45) is 0 Å². The molecule has 0 fully saturated rings. The SMILES string of the molecule is c1cc2nc(SSc3nc4ccsc4s3)sc2s1. The Kier molecular flexibility index (Phi) is 3.10. The highest BCUT2D eigenvalue weighted by Gasteiger charge is 2.09. The van der Waals surface area contributed by atoms with Gasteiger partial charge in [-0.1, -0.05) is 22.7 Å². The van der Waals surface area contributed by atoms with Gasteiger partial charge in [0.2, 0.25) is 0 Å². The molecule has 0 atom stereocenters. The third-order valence-electron chi connectivity index (χ3n) is 2.19. The second-order valence-corrected chi connectivity index (χ2v) is 10.3. The number of aromatic nitrogens is 2. The summed E-state index contributed by atoms with van der Waals surface area (Å²) >= 11 is 7.04. The minimum absolute atomic E-state index is 1.11. The predicted octanol–water partition coefficient (Wildman–Crippen LogP) is 5.83. The minimum atomic E-state index is 1.11. The van der Waals surface area contributed by atoms with Gasteiger partial charge in [0.05, 0.1) is 11.0 Å². The number of hydrogen-bond donors (Lipinski definition) is 0. The van der Waals surface area contributed by atoms with Crippen molar-refractivity contribution in [2.75, 3.05) is 0 Å². The molecule has 0 unspecified atom stereocenters. The number of hydrogen-bond acceptors (Lipinski definition) is 8. The van der Waals surface area contributed by atoms with Crippen molar-refractivity contribution in [3.05, 3.63) is 22.9 Å². The second kappa shape index (κ2) is 4.77. The highest BCUT2D eigenvalue weighted by atomic mass is 33.1. The maximum atomic E-state index is 4.58. The number of nitrogens with zero attached hydrogens (tertiary/aromatic N) is 2. The van der Waals surface area contributed by atoms with E-state index in [0.717, 1.165) is 19.7 Å². The van der Waals surface area contributed by atoms with E-state index in [2.05, 4.69) is 32.9 Å². The molecule has 0 saturated carbocycles. The van der Waals surface area contributed by atoms with Crippen LogP contribution in [0.2, 0.25) is 0 Å². The van der Waals surface area contributed by atoms with Crippen LogP contribution in [-0.4, -0.2) is 9.97 Å². The van der Waals surface area contributed by atoms with Gasteiger partial charge in [0, 0.05) is 0 Å². The summed E-state index contributed by atoms with van der Waals surface area (Å²) in [5, 5.41) is 4.18. The Morgan fingerprint density at radius 1 is 0.778 bits per heavy atom. The average Bonchev–Trinajstić information content (AvgIpc) is 3.04. The van der Waals surface area contributed by atoms with E-state index in [0.29, 0.717) is 0 Å².